The highest BCUT2D eigenvalue weighted by molar-refractivity contribution is 5.94. The Kier molecular flexibility index (Phi) is 4.24. The standard InChI is InChI=1S/C20H21N3O2/c1-25-13-14-8-10-15(11-9-14)20(24)23-12-4-7-18(23)19-21-16-5-2-3-6-17(16)22-19/h2-3,5-6,8-11,18H,4,7,12-13H2,1H3,(H,21,22). The van der Waals surface area contributed by atoms with Gasteiger partial charge in [0.1, 0.15) is 5.82 Å². The van der Waals surface area contributed by atoms with E-state index in [0.29, 0.717) is 12.2 Å². The van der Waals surface area contributed by atoms with Gasteiger partial charge in [-0.2, -0.15) is 0 Å². The van der Waals surface area contributed by atoms with Gasteiger partial charge in [-0.25, -0.2) is 4.98 Å². The molecule has 1 amide bonds. The second kappa shape index (κ2) is 6.69. The van der Waals surface area contributed by atoms with Crippen LogP contribution < -0.4 is 0 Å². The molecule has 0 saturated carbocycles. The molecule has 2 aromatic carbocycles. The molecular weight excluding hydrogens is 314 g/mol. The van der Waals surface area contributed by atoms with E-state index >= 15 is 0 Å². The summed E-state index contributed by atoms with van der Waals surface area (Å²) in [6.07, 6.45) is 1.93. The van der Waals surface area contributed by atoms with Crippen molar-refractivity contribution in [3.63, 3.8) is 0 Å². The van der Waals surface area contributed by atoms with Crippen molar-refractivity contribution in [1.29, 1.82) is 0 Å². The lowest BCUT2D eigenvalue weighted by Crippen LogP contribution is -2.31. The molecule has 1 aliphatic heterocycles. The number of imidazole rings is 1. The Morgan fingerprint density at radius 2 is 2.04 bits per heavy atom. The minimum atomic E-state index is 0.0125. The van der Waals surface area contributed by atoms with E-state index in [-0.39, 0.29) is 11.9 Å². The van der Waals surface area contributed by atoms with E-state index in [0.717, 1.165) is 41.8 Å². The number of likely N-dealkylation sites (tertiary alicyclic amines) is 1. The number of methoxy groups -OCH3 is 1. The minimum Gasteiger partial charge on any atom is -0.380 e. The van der Waals surface area contributed by atoms with Crippen molar-refractivity contribution in [2.75, 3.05) is 13.7 Å². The third-order valence-electron chi connectivity index (χ3n) is 4.75. The van der Waals surface area contributed by atoms with E-state index in [4.69, 9.17) is 9.72 Å². The average Bonchev–Trinajstić information content (AvgIpc) is 3.28. The number of benzene rings is 2. The van der Waals surface area contributed by atoms with E-state index in [9.17, 15) is 4.79 Å². The summed E-state index contributed by atoms with van der Waals surface area (Å²) < 4.78 is 5.12. The highest BCUT2D eigenvalue weighted by Crippen LogP contribution is 2.32. The molecule has 0 spiro atoms. The van der Waals surface area contributed by atoms with Crippen molar-refractivity contribution in [2.24, 2.45) is 0 Å². The predicted octanol–water partition coefficient (Wildman–Crippen LogP) is 3.69. The quantitative estimate of drug-likeness (QED) is 0.791. The molecule has 3 aromatic rings. The maximum atomic E-state index is 13.0. The molecular formula is C20H21N3O2. The molecule has 4 rings (SSSR count). The van der Waals surface area contributed by atoms with E-state index in [1.165, 1.54) is 0 Å². The summed E-state index contributed by atoms with van der Waals surface area (Å²) in [5, 5.41) is 0. The van der Waals surface area contributed by atoms with Gasteiger partial charge in [0.25, 0.3) is 5.91 Å². The first kappa shape index (κ1) is 15.8. The van der Waals surface area contributed by atoms with Crippen LogP contribution >= 0.6 is 0 Å². The molecule has 1 aliphatic rings. The first-order valence-electron chi connectivity index (χ1n) is 8.60. The Morgan fingerprint density at radius 3 is 2.80 bits per heavy atom. The lowest BCUT2D eigenvalue weighted by atomic mass is 10.1. The first-order chi connectivity index (χ1) is 12.3. The number of aromatic amines is 1. The monoisotopic (exact) mass is 335 g/mol. The van der Waals surface area contributed by atoms with Crippen LogP contribution in [0.25, 0.3) is 11.0 Å². The number of nitrogens with zero attached hydrogens (tertiary/aromatic N) is 2. The topological polar surface area (TPSA) is 58.2 Å². The zero-order chi connectivity index (χ0) is 17.2. The van der Waals surface area contributed by atoms with Gasteiger partial charge in [0.15, 0.2) is 0 Å². The fraction of sp³-hybridized carbons (Fsp3) is 0.300. The number of carbonyl (C=O) groups excluding carboxylic acids is 1. The summed E-state index contributed by atoms with van der Waals surface area (Å²) in [5.74, 6) is 0.940. The summed E-state index contributed by atoms with van der Waals surface area (Å²) in [7, 11) is 1.67. The lowest BCUT2D eigenvalue weighted by Gasteiger charge is -2.23. The molecule has 0 aliphatic carbocycles. The molecule has 0 bridgehead atoms. The molecule has 1 N–H and O–H groups in total. The van der Waals surface area contributed by atoms with Crippen LogP contribution in [0.2, 0.25) is 0 Å². The number of carbonyl (C=O) groups is 1. The number of rotatable bonds is 4. The van der Waals surface area contributed by atoms with Gasteiger partial charge in [-0.15, -0.1) is 0 Å². The van der Waals surface area contributed by atoms with Crippen molar-refractivity contribution in [3.05, 3.63) is 65.5 Å². The number of aromatic nitrogens is 2. The van der Waals surface area contributed by atoms with Gasteiger partial charge in [0.05, 0.1) is 23.7 Å². The Morgan fingerprint density at radius 1 is 1.24 bits per heavy atom. The molecule has 5 heteroatoms. The third-order valence-corrected chi connectivity index (χ3v) is 4.75. The predicted molar refractivity (Wildman–Crippen MR) is 96.3 cm³/mol. The van der Waals surface area contributed by atoms with E-state index in [1.807, 2.05) is 53.4 Å². The van der Waals surface area contributed by atoms with Gasteiger partial charge in [-0.1, -0.05) is 24.3 Å². The fourth-order valence-electron chi connectivity index (χ4n) is 3.50. The zero-order valence-corrected chi connectivity index (χ0v) is 14.2. The molecule has 1 atom stereocenters. The van der Waals surface area contributed by atoms with Crippen molar-refractivity contribution >= 4 is 16.9 Å². The summed E-state index contributed by atoms with van der Waals surface area (Å²) in [6.45, 7) is 1.32. The van der Waals surface area contributed by atoms with Crippen LogP contribution in [0.3, 0.4) is 0 Å². The Hall–Kier alpha value is -2.66. The largest absolute Gasteiger partial charge is 0.380 e. The number of amides is 1. The van der Waals surface area contributed by atoms with Gasteiger partial charge < -0.3 is 14.6 Å². The van der Waals surface area contributed by atoms with Crippen LogP contribution in [0.15, 0.2) is 48.5 Å². The molecule has 25 heavy (non-hydrogen) atoms. The number of hydrogen-bond acceptors (Lipinski definition) is 3. The second-order valence-electron chi connectivity index (χ2n) is 6.43. The molecule has 5 nitrogen and oxygen atoms in total. The summed E-state index contributed by atoms with van der Waals surface area (Å²) >= 11 is 0. The normalized spacial score (nSPS) is 17.3. The van der Waals surface area contributed by atoms with E-state index < -0.39 is 0 Å². The van der Waals surface area contributed by atoms with Gasteiger partial charge in [0, 0.05) is 19.2 Å². The Balaban J connectivity index is 1.59. The Labute approximate surface area is 146 Å². The summed E-state index contributed by atoms with van der Waals surface area (Å²) in [4.78, 5) is 23.0. The summed E-state index contributed by atoms with van der Waals surface area (Å²) in [5.41, 5.74) is 3.73. The van der Waals surface area contributed by atoms with E-state index in [1.54, 1.807) is 7.11 Å². The average molecular weight is 335 g/mol. The van der Waals surface area contributed by atoms with Crippen molar-refractivity contribution < 1.29 is 9.53 Å². The van der Waals surface area contributed by atoms with Crippen LogP contribution in [-0.2, 0) is 11.3 Å². The second-order valence-corrected chi connectivity index (χ2v) is 6.43. The maximum Gasteiger partial charge on any atom is 0.254 e. The molecule has 1 saturated heterocycles. The molecule has 1 fully saturated rings. The number of hydrogen-bond donors (Lipinski definition) is 1. The van der Waals surface area contributed by atoms with Crippen LogP contribution in [0, 0.1) is 0 Å². The zero-order valence-electron chi connectivity index (χ0n) is 14.2. The van der Waals surface area contributed by atoms with Crippen LogP contribution in [-0.4, -0.2) is 34.4 Å². The highest BCUT2D eigenvalue weighted by Gasteiger charge is 2.32. The third kappa shape index (κ3) is 3.03. The molecule has 1 unspecified atom stereocenters. The van der Waals surface area contributed by atoms with Crippen LogP contribution in [0.1, 0.15) is 40.6 Å². The number of fused-ring (bicyclic) bond motifs is 1. The number of para-hydroxylation sites is 2. The lowest BCUT2D eigenvalue weighted by molar-refractivity contribution is 0.0730. The summed E-state index contributed by atoms with van der Waals surface area (Å²) in [6, 6.07) is 15.6. The number of ether oxygens (including phenoxy) is 1. The molecule has 0 radical (unpaired) electrons. The molecule has 1 aromatic heterocycles. The maximum absolute atomic E-state index is 13.0. The molecule has 128 valence electrons. The van der Waals surface area contributed by atoms with Gasteiger partial charge in [-0.05, 0) is 42.7 Å². The minimum absolute atomic E-state index is 0.0125. The van der Waals surface area contributed by atoms with Gasteiger partial charge in [0.2, 0.25) is 0 Å². The van der Waals surface area contributed by atoms with Crippen molar-refractivity contribution in [2.45, 2.75) is 25.5 Å². The van der Waals surface area contributed by atoms with Crippen molar-refractivity contribution in [1.82, 2.24) is 14.9 Å². The highest BCUT2D eigenvalue weighted by atomic mass is 16.5. The smallest absolute Gasteiger partial charge is 0.254 e. The van der Waals surface area contributed by atoms with E-state index in [2.05, 4.69) is 4.98 Å². The van der Waals surface area contributed by atoms with Gasteiger partial charge in [-0.3, -0.25) is 4.79 Å². The number of H-pyrrole nitrogens is 1. The molecule has 2 heterocycles. The van der Waals surface area contributed by atoms with Crippen LogP contribution in [0.4, 0.5) is 0 Å². The fourth-order valence-corrected chi connectivity index (χ4v) is 3.50. The van der Waals surface area contributed by atoms with Crippen molar-refractivity contribution in [3.8, 4) is 0 Å². The SMILES string of the molecule is COCc1ccc(C(=O)N2CCCC2c2nc3ccccc3[nH]2)cc1. The van der Waals surface area contributed by atoms with Crippen LogP contribution in [0.5, 0.6) is 0 Å². The Bertz CT molecular complexity index is 852. The number of nitrogens with one attached hydrogen (secondary N) is 1. The first-order valence-corrected chi connectivity index (χ1v) is 8.60. The van der Waals surface area contributed by atoms with Gasteiger partial charge >= 0.3 is 0 Å².